The molecule has 1 fully saturated rings. The molecule has 20 heavy (non-hydrogen) atoms. The molecule has 0 heterocycles. The first-order valence-electron chi connectivity index (χ1n) is 7.29. The van der Waals surface area contributed by atoms with Gasteiger partial charge in [-0.15, -0.1) is 0 Å². The first-order chi connectivity index (χ1) is 9.60. The fourth-order valence-electron chi connectivity index (χ4n) is 2.90. The maximum absolute atomic E-state index is 12.4. The van der Waals surface area contributed by atoms with Crippen LogP contribution in [0.4, 0.5) is 0 Å². The third-order valence-corrected chi connectivity index (χ3v) is 4.77. The Balaban J connectivity index is 1.87. The highest BCUT2D eigenvalue weighted by atomic mass is 79.9. The van der Waals surface area contributed by atoms with E-state index in [0.717, 1.165) is 36.7 Å². The summed E-state index contributed by atoms with van der Waals surface area (Å²) in [6, 6.07) is 8.14. The lowest BCUT2D eigenvalue weighted by atomic mass is 9.81. The number of nitrogens with zero attached hydrogens (tertiary/aromatic N) is 1. The van der Waals surface area contributed by atoms with E-state index in [0.29, 0.717) is 12.5 Å². The minimum absolute atomic E-state index is 0.193. The van der Waals surface area contributed by atoms with Gasteiger partial charge in [0, 0.05) is 24.0 Å². The maximum Gasteiger partial charge on any atom is 0.225 e. The van der Waals surface area contributed by atoms with Crippen molar-refractivity contribution in [2.24, 2.45) is 17.6 Å². The standard InChI is InChI=1S/C16H23BrN2O/c1-19(11-13-4-8-15(17)9-5-13)16(20)14-6-2-12(10-18)3-7-14/h4-5,8-9,12,14H,2-3,6-7,10-11,18H2,1H3. The summed E-state index contributed by atoms with van der Waals surface area (Å²) in [6.45, 7) is 1.44. The summed E-state index contributed by atoms with van der Waals surface area (Å²) in [4.78, 5) is 14.3. The van der Waals surface area contributed by atoms with E-state index in [-0.39, 0.29) is 11.8 Å². The SMILES string of the molecule is CN(Cc1ccc(Br)cc1)C(=O)C1CCC(CN)CC1. The number of hydrogen-bond donors (Lipinski definition) is 1. The van der Waals surface area contributed by atoms with Crippen molar-refractivity contribution in [1.82, 2.24) is 4.90 Å². The third-order valence-electron chi connectivity index (χ3n) is 4.24. The van der Waals surface area contributed by atoms with E-state index in [9.17, 15) is 4.79 Å². The first kappa shape index (κ1) is 15.5. The molecule has 1 aliphatic carbocycles. The summed E-state index contributed by atoms with van der Waals surface area (Å²) in [5.74, 6) is 1.09. The molecule has 0 unspecified atom stereocenters. The van der Waals surface area contributed by atoms with Gasteiger partial charge in [-0.05, 0) is 55.8 Å². The van der Waals surface area contributed by atoms with Crippen molar-refractivity contribution in [2.75, 3.05) is 13.6 Å². The number of carbonyl (C=O) groups is 1. The zero-order chi connectivity index (χ0) is 14.5. The van der Waals surface area contributed by atoms with Crippen LogP contribution in [0.15, 0.2) is 28.7 Å². The molecule has 0 atom stereocenters. The lowest BCUT2D eigenvalue weighted by Crippen LogP contribution is -2.35. The Morgan fingerprint density at radius 2 is 1.85 bits per heavy atom. The average Bonchev–Trinajstić information content (AvgIpc) is 2.49. The molecular formula is C16H23BrN2O. The largest absolute Gasteiger partial charge is 0.341 e. The number of nitrogens with two attached hydrogens (primary N) is 1. The van der Waals surface area contributed by atoms with Crippen molar-refractivity contribution in [3.63, 3.8) is 0 Å². The number of rotatable bonds is 4. The molecule has 1 aliphatic rings. The van der Waals surface area contributed by atoms with Crippen molar-refractivity contribution in [3.8, 4) is 0 Å². The Morgan fingerprint density at radius 1 is 1.25 bits per heavy atom. The monoisotopic (exact) mass is 338 g/mol. The minimum Gasteiger partial charge on any atom is -0.341 e. The molecule has 0 radical (unpaired) electrons. The van der Waals surface area contributed by atoms with Gasteiger partial charge in [-0.1, -0.05) is 28.1 Å². The maximum atomic E-state index is 12.4. The fourth-order valence-corrected chi connectivity index (χ4v) is 3.16. The van der Waals surface area contributed by atoms with Crippen LogP contribution < -0.4 is 5.73 Å². The zero-order valence-corrected chi connectivity index (χ0v) is 13.6. The highest BCUT2D eigenvalue weighted by Crippen LogP contribution is 2.29. The number of benzene rings is 1. The molecule has 1 aromatic carbocycles. The summed E-state index contributed by atoms with van der Waals surface area (Å²) in [7, 11) is 1.90. The summed E-state index contributed by atoms with van der Waals surface area (Å²) >= 11 is 3.42. The van der Waals surface area contributed by atoms with E-state index in [2.05, 4.69) is 28.1 Å². The average molecular weight is 339 g/mol. The van der Waals surface area contributed by atoms with Crippen LogP contribution in [0.1, 0.15) is 31.2 Å². The molecule has 0 spiro atoms. The van der Waals surface area contributed by atoms with Crippen molar-refractivity contribution in [1.29, 1.82) is 0 Å². The van der Waals surface area contributed by atoms with Gasteiger partial charge in [0.25, 0.3) is 0 Å². The van der Waals surface area contributed by atoms with Crippen LogP contribution in [0.5, 0.6) is 0 Å². The Bertz CT molecular complexity index is 438. The van der Waals surface area contributed by atoms with Gasteiger partial charge in [-0.3, -0.25) is 4.79 Å². The van der Waals surface area contributed by atoms with Crippen LogP contribution in [0.25, 0.3) is 0 Å². The molecule has 110 valence electrons. The Hall–Kier alpha value is -0.870. The Kier molecular flexibility index (Phi) is 5.61. The number of halogens is 1. The molecule has 1 aromatic rings. The van der Waals surface area contributed by atoms with Gasteiger partial charge >= 0.3 is 0 Å². The minimum atomic E-state index is 0.193. The normalized spacial score (nSPS) is 22.6. The molecule has 2 N–H and O–H groups in total. The number of carbonyl (C=O) groups excluding carboxylic acids is 1. The van der Waals surface area contributed by atoms with E-state index in [1.54, 1.807) is 0 Å². The highest BCUT2D eigenvalue weighted by molar-refractivity contribution is 9.10. The molecule has 1 saturated carbocycles. The molecule has 0 aliphatic heterocycles. The Labute approximate surface area is 129 Å². The quantitative estimate of drug-likeness (QED) is 0.916. The second kappa shape index (κ2) is 7.23. The van der Waals surface area contributed by atoms with Gasteiger partial charge < -0.3 is 10.6 Å². The summed E-state index contributed by atoms with van der Waals surface area (Å²) in [6.07, 6.45) is 4.18. The molecule has 3 nitrogen and oxygen atoms in total. The van der Waals surface area contributed by atoms with Gasteiger partial charge in [-0.2, -0.15) is 0 Å². The Morgan fingerprint density at radius 3 is 2.40 bits per heavy atom. The molecule has 1 amide bonds. The van der Waals surface area contributed by atoms with E-state index in [1.165, 1.54) is 5.56 Å². The van der Waals surface area contributed by atoms with Gasteiger partial charge in [0.15, 0.2) is 0 Å². The van der Waals surface area contributed by atoms with Gasteiger partial charge in [0.2, 0.25) is 5.91 Å². The van der Waals surface area contributed by atoms with Crippen molar-refractivity contribution >= 4 is 21.8 Å². The third kappa shape index (κ3) is 4.06. The number of hydrogen-bond acceptors (Lipinski definition) is 2. The van der Waals surface area contributed by atoms with Crippen LogP contribution in [-0.4, -0.2) is 24.4 Å². The van der Waals surface area contributed by atoms with Gasteiger partial charge in [0.05, 0.1) is 0 Å². The first-order valence-corrected chi connectivity index (χ1v) is 8.09. The second-order valence-electron chi connectivity index (χ2n) is 5.77. The van der Waals surface area contributed by atoms with Gasteiger partial charge in [0.1, 0.15) is 0 Å². The van der Waals surface area contributed by atoms with Crippen molar-refractivity contribution < 1.29 is 4.79 Å². The summed E-state index contributed by atoms with van der Waals surface area (Å²) in [5, 5.41) is 0. The highest BCUT2D eigenvalue weighted by Gasteiger charge is 2.27. The van der Waals surface area contributed by atoms with E-state index in [4.69, 9.17) is 5.73 Å². The topological polar surface area (TPSA) is 46.3 Å². The predicted molar refractivity (Wildman–Crippen MR) is 85.1 cm³/mol. The van der Waals surface area contributed by atoms with Crippen LogP contribution in [0.3, 0.4) is 0 Å². The van der Waals surface area contributed by atoms with Crippen LogP contribution in [-0.2, 0) is 11.3 Å². The molecule has 2 rings (SSSR count). The van der Waals surface area contributed by atoms with Crippen molar-refractivity contribution in [3.05, 3.63) is 34.3 Å². The molecule has 0 aromatic heterocycles. The lowest BCUT2D eigenvalue weighted by Gasteiger charge is -2.30. The van der Waals surface area contributed by atoms with E-state index in [1.807, 2.05) is 24.1 Å². The molecular weight excluding hydrogens is 316 g/mol. The smallest absolute Gasteiger partial charge is 0.225 e. The van der Waals surface area contributed by atoms with Crippen LogP contribution in [0.2, 0.25) is 0 Å². The second-order valence-corrected chi connectivity index (χ2v) is 6.69. The van der Waals surface area contributed by atoms with Crippen molar-refractivity contribution in [2.45, 2.75) is 32.2 Å². The summed E-state index contributed by atoms with van der Waals surface area (Å²) < 4.78 is 1.07. The molecule has 0 bridgehead atoms. The van der Waals surface area contributed by atoms with E-state index >= 15 is 0 Å². The number of amides is 1. The lowest BCUT2D eigenvalue weighted by molar-refractivity contribution is -0.136. The van der Waals surface area contributed by atoms with Crippen LogP contribution >= 0.6 is 15.9 Å². The van der Waals surface area contributed by atoms with Gasteiger partial charge in [-0.25, -0.2) is 0 Å². The van der Waals surface area contributed by atoms with Crippen LogP contribution in [0, 0.1) is 11.8 Å². The zero-order valence-electron chi connectivity index (χ0n) is 12.0. The fraction of sp³-hybridized carbons (Fsp3) is 0.562. The molecule has 0 saturated heterocycles. The van der Waals surface area contributed by atoms with E-state index < -0.39 is 0 Å². The summed E-state index contributed by atoms with van der Waals surface area (Å²) in [5.41, 5.74) is 6.87. The predicted octanol–water partition coefficient (Wildman–Crippen LogP) is 3.17. The molecule has 4 heteroatoms.